The number of nitrogens with zero attached hydrogens (tertiary/aromatic N) is 4. The van der Waals surface area contributed by atoms with Gasteiger partial charge in [0.2, 0.25) is 5.91 Å². The molecule has 1 fully saturated rings. The number of hydrogen-bond donors (Lipinski definition) is 0. The zero-order chi connectivity index (χ0) is 20.2. The molecule has 0 bridgehead atoms. The second-order valence-corrected chi connectivity index (χ2v) is 7.39. The van der Waals surface area contributed by atoms with Gasteiger partial charge in [-0.3, -0.25) is 9.48 Å². The molecule has 0 aliphatic carbocycles. The third-order valence-corrected chi connectivity index (χ3v) is 5.38. The van der Waals surface area contributed by atoms with Crippen LogP contribution in [0.3, 0.4) is 0 Å². The lowest BCUT2D eigenvalue weighted by atomic mass is 10.0. The first kappa shape index (κ1) is 19.2. The largest absolute Gasteiger partial charge is 0.368 e. The maximum atomic E-state index is 13.2. The van der Waals surface area contributed by atoms with E-state index in [9.17, 15) is 9.18 Å². The molecule has 3 aromatic rings. The van der Waals surface area contributed by atoms with Crippen LogP contribution in [-0.4, -0.2) is 46.8 Å². The van der Waals surface area contributed by atoms with Gasteiger partial charge in [-0.05, 0) is 48.4 Å². The Bertz CT molecular complexity index is 960. The highest BCUT2D eigenvalue weighted by molar-refractivity contribution is 5.77. The maximum absolute atomic E-state index is 13.2. The Labute approximate surface area is 170 Å². The van der Waals surface area contributed by atoms with E-state index in [4.69, 9.17) is 0 Å². The van der Waals surface area contributed by atoms with Gasteiger partial charge in [-0.25, -0.2) is 4.39 Å². The van der Waals surface area contributed by atoms with Crippen molar-refractivity contribution in [1.82, 2.24) is 14.7 Å². The molecule has 4 rings (SSSR count). The second kappa shape index (κ2) is 8.47. The summed E-state index contributed by atoms with van der Waals surface area (Å²) in [5, 5.41) is 4.51. The fourth-order valence-corrected chi connectivity index (χ4v) is 3.82. The van der Waals surface area contributed by atoms with Crippen molar-refractivity contribution >= 4 is 11.6 Å². The van der Waals surface area contributed by atoms with Crippen molar-refractivity contribution in [3.05, 3.63) is 72.2 Å². The Hall–Kier alpha value is -3.15. The molecular formula is C23H25FN4O. The first-order valence-electron chi connectivity index (χ1n) is 9.96. The van der Waals surface area contributed by atoms with E-state index in [0.717, 1.165) is 43.0 Å². The summed E-state index contributed by atoms with van der Waals surface area (Å²) in [7, 11) is 1.86. The number of para-hydroxylation sites is 1. The highest BCUT2D eigenvalue weighted by Gasteiger charge is 2.21. The van der Waals surface area contributed by atoms with Gasteiger partial charge < -0.3 is 9.80 Å². The van der Waals surface area contributed by atoms with Crippen molar-refractivity contribution in [1.29, 1.82) is 0 Å². The van der Waals surface area contributed by atoms with Crippen LogP contribution in [0.2, 0.25) is 0 Å². The number of aromatic nitrogens is 2. The molecule has 0 atom stereocenters. The molecule has 0 radical (unpaired) electrons. The van der Waals surface area contributed by atoms with E-state index >= 15 is 0 Å². The summed E-state index contributed by atoms with van der Waals surface area (Å²) in [5.41, 5.74) is 3.90. The number of hydrogen-bond acceptors (Lipinski definition) is 3. The minimum atomic E-state index is -0.268. The zero-order valence-corrected chi connectivity index (χ0v) is 16.6. The fraction of sp³-hybridized carbons (Fsp3) is 0.304. The highest BCUT2D eigenvalue weighted by atomic mass is 19.1. The van der Waals surface area contributed by atoms with Gasteiger partial charge in [0.1, 0.15) is 5.82 Å². The summed E-state index contributed by atoms with van der Waals surface area (Å²) in [6.45, 7) is 3.18. The summed E-state index contributed by atoms with van der Waals surface area (Å²) in [6.07, 6.45) is 3.02. The Kier molecular flexibility index (Phi) is 5.60. The van der Waals surface area contributed by atoms with Gasteiger partial charge in [0.05, 0.1) is 5.69 Å². The predicted molar refractivity (Wildman–Crippen MR) is 112 cm³/mol. The number of rotatable bonds is 5. The summed E-state index contributed by atoms with van der Waals surface area (Å²) in [4.78, 5) is 17.0. The highest BCUT2D eigenvalue weighted by Crippen LogP contribution is 2.24. The summed E-state index contributed by atoms with van der Waals surface area (Å²) in [5.74, 6) is -0.0947. The first-order valence-corrected chi connectivity index (χ1v) is 9.96. The minimum absolute atomic E-state index is 0.173. The fourth-order valence-electron chi connectivity index (χ4n) is 3.82. The van der Waals surface area contributed by atoms with Crippen LogP contribution < -0.4 is 4.90 Å². The lowest BCUT2D eigenvalue weighted by molar-refractivity contribution is -0.131. The van der Waals surface area contributed by atoms with Gasteiger partial charge in [0, 0.05) is 57.1 Å². The number of aryl methyl sites for hydroxylation is 2. The third-order valence-electron chi connectivity index (χ3n) is 5.38. The van der Waals surface area contributed by atoms with Crippen LogP contribution in [0.25, 0.3) is 11.3 Å². The number of carbonyl (C=O) groups is 1. The van der Waals surface area contributed by atoms with Gasteiger partial charge >= 0.3 is 0 Å². The molecule has 2 aromatic carbocycles. The molecule has 1 amide bonds. The zero-order valence-electron chi connectivity index (χ0n) is 16.6. The second-order valence-electron chi connectivity index (χ2n) is 7.39. The van der Waals surface area contributed by atoms with E-state index in [0.29, 0.717) is 12.8 Å². The Balaban J connectivity index is 1.35. The number of anilines is 1. The topological polar surface area (TPSA) is 41.4 Å². The average molecular weight is 392 g/mol. The van der Waals surface area contributed by atoms with Crippen LogP contribution in [0.4, 0.5) is 10.1 Å². The monoisotopic (exact) mass is 392 g/mol. The SMILES string of the molecule is Cn1cc(CCC(=O)N2CCN(c3ccccc3)CC2)c(-c2ccc(F)cc2)n1. The van der Waals surface area contributed by atoms with Crippen LogP contribution in [0.15, 0.2) is 60.8 Å². The average Bonchev–Trinajstić information content (AvgIpc) is 3.14. The van der Waals surface area contributed by atoms with Crippen LogP contribution in [0.1, 0.15) is 12.0 Å². The molecule has 29 heavy (non-hydrogen) atoms. The number of piperazine rings is 1. The number of benzene rings is 2. The van der Waals surface area contributed by atoms with Gasteiger partial charge in [-0.15, -0.1) is 0 Å². The third kappa shape index (κ3) is 4.47. The van der Waals surface area contributed by atoms with E-state index in [2.05, 4.69) is 22.1 Å². The molecule has 0 spiro atoms. The van der Waals surface area contributed by atoms with E-state index < -0.39 is 0 Å². The standard InChI is InChI=1S/C23H25FN4O/c1-26-17-19(23(25-26)18-7-10-20(24)11-8-18)9-12-22(29)28-15-13-27(14-16-28)21-5-3-2-4-6-21/h2-8,10-11,17H,9,12-16H2,1H3. The normalized spacial score (nSPS) is 14.3. The Morgan fingerprint density at radius 3 is 2.38 bits per heavy atom. The summed E-state index contributed by atoms with van der Waals surface area (Å²) in [6, 6.07) is 16.6. The first-order chi connectivity index (χ1) is 14.1. The molecule has 1 saturated heterocycles. The molecule has 1 aromatic heterocycles. The van der Waals surface area contributed by atoms with Crippen LogP contribution in [0, 0.1) is 5.82 Å². The molecule has 0 saturated carbocycles. The van der Waals surface area contributed by atoms with Crippen molar-refractivity contribution in [2.45, 2.75) is 12.8 Å². The molecule has 0 N–H and O–H groups in total. The van der Waals surface area contributed by atoms with Crippen molar-refractivity contribution < 1.29 is 9.18 Å². The van der Waals surface area contributed by atoms with E-state index in [1.807, 2.05) is 36.3 Å². The van der Waals surface area contributed by atoms with Crippen molar-refractivity contribution in [3.8, 4) is 11.3 Å². The molecule has 1 aliphatic rings. The summed E-state index contributed by atoms with van der Waals surface area (Å²) < 4.78 is 15.0. The quantitative estimate of drug-likeness (QED) is 0.667. The minimum Gasteiger partial charge on any atom is -0.368 e. The van der Waals surface area contributed by atoms with E-state index in [1.165, 1.54) is 17.8 Å². The lowest BCUT2D eigenvalue weighted by Crippen LogP contribution is -2.48. The molecule has 150 valence electrons. The van der Waals surface area contributed by atoms with Crippen LogP contribution in [0.5, 0.6) is 0 Å². The van der Waals surface area contributed by atoms with E-state index in [-0.39, 0.29) is 11.7 Å². The van der Waals surface area contributed by atoms with E-state index in [1.54, 1.807) is 16.8 Å². The smallest absolute Gasteiger partial charge is 0.223 e. The van der Waals surface area contributed by atoms with Gasteiger partial charge in [-0.2, -0.15) is 5.10 Å². The van der Waals surface area contributed by atoms with Crippen LogP contribution >= 0.6 is 0 Å². The van der Waals surface area contributed by atoms with Gasteiger partial charge in [0.15, 0.2) is 0 Å². The molecule has 6 heteroatoms. The van der Waals surface area contributed by atoms with Gasteiger partial charge in [0.25, 0.3) is 0 Å². The number of carbonyl (C=O) groups excluding carboxylic acids is 1. The molecule has 5 nitrogen and oxygen atoms in total. The Morgan fingerprint density at radius 1 is 1.00 bits per heavy atom. The number of amides is 1. The van der Waals surface area contributed by atoms with Crippen molar-refractivity contribution in [2.24, 2.45) is 7.05 Å². The molecule has 1 aliphatic heterocycles. The predicted octanol–water partition coefficient (Wildman–Crippen LogP) is 3.51. The lowest BCUT2D eigenvalue weighted by Gasteiger charge is -2.36. The van der Waals surface area contributed by atoms with Crippen molar-refractivity contribution in [3.63, 3.8) is 0 Å². The van der Waals surface area contributed by atoms with Crippen LogP contribution in [-0.2, 0) is 18.3 Å². The maximum Gasteiger partial charge on any atom is 0.223 e. The molecule has 2 heterocycles. The Morgan fingerprint density at radius 2 is 1.69 bits per heavy atom. The summed E-state index contributed by atoms with van der Waals surface area (Å²) >= 11 is 0. The molecular weight excluding hydrogens is 367 g/mol. The number of halogens is 1. The van der Waals surface area contributed by atoms with Crippen molar-refractivity contribution in [2.75, 3.05) is 31.1 Å². The molecule has 0 unspecified atom stereocenters. The van der Waals surface area contributed by atoms with Gasteiger partial charge in [-0.1, -0.05) is 18.2 Å².